The van der Waals surface area contributed by atoms with Crippen molar-refractivity contribution in [2.75, 3.05) is 12.9 Å². The number of carbonyl (C=O) groups excluding carboxylic acids is 1. The summed E-state index contributed by atoms with van der Waals surface area (Å²) in [5, 5.41) is 3.36. The van der Waals surface area contributed by atoms with Gasteiger partial charge in [0.2, 0.25) is 5.88 Å². The number of hydrogen-bond donors (Lipinski definition) is 1. The summed E-state index contributed by atoms with van der Waals surface area (Å²) in [6.07, 6.45) is 2.09. The number of thioether (sulfide) groups is 1. The minimum absolute atomic E-state index is 0.0761. The third-order valence-corrected chi connectivity index (χ3v) is 6.44. The van der Waals surface area contributed by atoms with E-state index in [2.05, 4.69) is 20.3 Å². The Balaban J connectivity index is 1.44. The molecular weight excluding hydrogens is 488 g/mol. The molecule has 0 saturated heterocycles. The molecule has 194 valence electrons. The monoisotopic (exact) mass is 519 g/mol. The van der Waals surface area contributed by atoms with Crippen molar-refractivity contribution in [3.63, 3.8) is 0 Å². The Bertz CT molecular complexity index is 1210. The number of nitrogens with zero attached hydrogens (tertiary/aromatic N) is 4. The molecule has 0 spiro atoms. The van der Waals surface area contributed by atoms with Gasteiger partial charge in [0, 0.05) is 12.1 Å². The molecule has 0 bridgehead atoms. The first kappa shape index (κ1) is 26.1. The molecule has 1 aliphatic rings. The highest BCUT2D eigenvalue weighted by atomic mass is 32.2. The Hall–Kier alpha value is -2.95. The summed E-state index contributed by atoms with van der Waals surface area (Å²) in [4.78, 5) is 25.0. The lowest BCUT2D eigenvalue weighted by atomic mass is 9.86. The molecule has 2 aromatic heterocycles. The van der Waals surface area contributed by atoms with Gasteiger partial charge in [-0.1, -0.05) is 23.9 Å². The van der Waals surface area contributed by atoms with E-state index in [1.165, 1.54) is 16.3 Å². The average molecular weight is 520 g/mol. The molecule has 11 heteroatoms. The zero-order valence-corrected chi connectivity index (χ0v) is 21.6. The Kier molecular flexibility index (Phi) is 7.97. The zero-order valence-electron chi connectivity index (χ0n) is 20.8. The molecule has 1 fully saturated rings. The first-order valence-electron chi connectivity index (χ1n) is 11.9. The van der Waals surface area contributed by atoms with Crippen LogP contribution in [0.25, 0.3) is 16.9 Å². The molecule has 0 radical (unpaired) electrons. The molecular formula is C25H31F2N5O3S. The maximum atomic E-state index is 13.8. The Labute approximate surface area is 213 Å². The van der Waals surface area contributed by atoms with Crippen LogP contribution in [0.15, 0.2) is 35.5 Å². The lowest BCUT2D eigenvalue weighted by Crippen LogP contribution is -2.41. The molecule has 0 unspecified atom stereocenters. The Morgan fingerprint density at radius 2 is 1.89 bits per heavy atom. The minimum Gasteiger partial charge on any atom is -0.477 e. The number of halogens is 2. The quantitative estimate of drug-likeness (QED) is 0.305. The van der Waals surface area contributed by atoms with Gasteiger partial charge in [-0.25, -0.2) is 23.5 Å². The van der Waals surface area contributed by atoms with E-state index in [1.807, 2.05) is 27.0 Å². The Morgan fingerprint density at radius 3 is 2.56 bits per heavy atom. The summed E-state index contributed by atoms with van der Waals surface area (Å²) in [5.41, 5.74) is 0.483. The van der Waals surface area contributed by atoms with Gasteiger partial charge in [-0.2, -0.15) is 4.98 Å². The first-order chi connectivity index (χ1) is 17.1. The second-order valence-electron chi connectivity index (χ2n) is 9.82. The van der Waals surface area contributed by atoms with Gasteiger partial charge in [0.1, 0.15) is 11.4 Å². The van der Waals surface area contributed by atoms with Crippen LogP contribution < -0.4 is 10.1 Å². The van der Waals surface area contributed by atoms with Crippen LogP contribution in [0, 0.1) is 5.92 Å². The smallest absolute Gasteiger partial charge is 0.407 e. The average Bonchev–Trinajstić information content (AvgIpc) is 3.22. The molecule has 1 amide bonds. The number of nitrogens with one attached hydrogen (secondary N) is 1. The third kappa shape index (κ3) is 6.43. The summed E-state index contributed by atoms with van der Waals surface area (Å²) in [7, 11) is 0. The van der Waals surface area contributed by atoms with Crippen LogP contribution in [0.4, 0.5) is 13.6 Å². The number of aromatic nitrogens is 4. The van der Waals surface area contributed by atoms with E-state index >= 15 is 0 Å². The fourth-order valence-corrected chi connectivity index (χ4v) is 4.62. The summed E-state index contributed by atoms with van der Waals surface area (Å²) in [6.45, 7) is 5.96. The molecule has 2 heterocycles. The fourth-order valence-electron chi connectivity index (χ4n) is 4.25. The van der Waals surface area contributed by atoms with E-state index in [0.29, 0.717) is 40.4 Å². The van der Waals surface area contributed by atoms with Gasteiger partial charge >= 0.3 is 6.09 Å². The number of alkyl halides is 2. The van der Waals surface area contributed by atoms with E-state index in [1.54, 1.807) is 30.3 Å². The highest BCUT2D eigenvalue weighted by Gasteiger charge is 2.26. The normalized spacial score (nSPS) is 18.4. The number of fused-ring (bicyclic) bond motifs is 1. The molecule has 0 aliphatic heterocycles. The number of ether oxygens (including phenoxy) is 2. The van der Waals surface area contributed by atoms with Gasteiger partial charge in [0.15, 0.2) is 11.0 Å². The van der Waals surface area contributed by atoms with Crippen LogP contribution in [0.5, 0.6) is 5.88 Å². The van der Waals surface area contributed by atoms with E-state index < -0.39 is 18.1 Å². The standard InChI is InChI=1S/C25H31F2N5O3S/c1-25(2,3)35-24(33)28-16-11-9-15(10-12-16)14-34-20-13-19(30-23(31-20)36-4)32-18-8-6-5-7-17(18)29-22(32)21(26)27/h5-8,13,15-16,21H,9-12,14H2,1-4H3,(H,28,33)/t15-,16-. The lowest BCUT2D eigenvalue weighted by Gasteiger charge is -2.30. The summed E-state index contributed by atoms with van der Waals surface area (Å²) >= 11 is 1.31. The van der Waals surface area contributed by atoms with Crippen LogP contribution in [0.3, 0.4) is 0 Å². The predicted octanol–water partition coefficient (Wildman–Crippen LogP) is 5.94. The van der Waals surface area contributed by atoms with Gasteiger partial charge in [-0.05, 0) is 70.8 Å². The number of alkyl carbamates (subject to hydrolysis) is 1. The van der Waals surface area contributed by atoms with Crippen molar-refractivity contribution in [1.82, 2.24) is 24.8 Å². The van der Waals surface area contributed by atoms with E-state index in [9.17, 15) is 13.6 Å². The SMILES string of the molecule is CSc1nc(OC[C@H]2CC[C@H](NC(=O)OC(C)(C)C)CC2)cc(-n2c(C(F)F)nc3ccccc32)n1. The van der Waals surface area contributed by atoms with Crippen molar-refractivity contribution in [3.05, 3.63) is 36.2 Å². The van der Waals surface area contributed by atoms with Crippen LogP contribution in [-0.2, 0) is 4.74 Å². The number of benzene rings is 1. The molecule has 4 rings (SSSR count). The van der Waals surface area contributed by atoms with Crippen LogP contribution >= 0.6 is 11.8 Å². The van der Waals surface area contributed by atoms with Crippen molar-refractivity contribution in [2.24, 2.45) is 5.92 Å². The first-order valence-corrected chi connectivity index (χ1v) is 13.2. The number of hydrogen-bond acceptors (Lipinski definition) is 7. The maximum absolute atomic E-state index is 13.8. The number of carbonyl (C=O) groups is 1. The van der Waals surface area contributed by atoms with Crippen molar-refractivity contribution >= 4 is 28.9 Å². The highest BCUT2D eigenvalue weighted by Crippen LogP contribution is 2.30. The van der Waals surface area contributed by atoms with Gasteiger partial charge < -0.3 is 14.8 Å². The van der Waals surface area contributed by atoms with Crippen molar-refractivity contribution < 1.29 is 23.0 Å². The van der Waals surface area contributed by atoms with Crippen LogP contribution in [0.2, 0.25) is 0 Å². The summed E-state index contributed by atoms with van der Waals surface area (Å²) in [6, 6.07) is 8.62. The topological polar surface area (TPSA) is 91.2 Å². The molecule has 3 aromatic rings. The largest absolute Gasteiger partial charge is 0.477 e. The highest BCUT2D eigenvalue weighted by molar-refractivity contribution is 7.98. The number of para-hydroxylation sites is 2. The van der Waals surface area contributed by atoms with E-state index in [4.69, 9.17) is 9.47 Å². The lowest BCUT2D eigenvalue weighted by molar-refractivity contribution is 0.0483. The number of imidazole rings is 1. The second-order valence-corrected chi connectivity index (χ2v) is 10.6. The van der Waals surface area contributed by atoms with Crippen molar-refractivity contribution in [2.45, 2.75) is 69.7 Å². The van der Waals surface area contributed by atoms with E-state index in [-0.39, 0.29) is 11.9 Å². The van der Waals surface area contributed by atoms with Crippen LogP contribution in [0.1, 0.15) is 58.7 Å². The predicted molar refractivity (Wildman–Crippen MR) is 134 cm³/mol. The number of amides is 1. The molecule has 8 nitrogen and oxygen atoms in total. The minimum atomic E-state index is -2.76. The number of rotatable bonds is 7. The van der Waals surface area contributed by atoms with Crippen molar-refractivity contribution in [1.29, 1.82) is 0 Å². The van der Waals surface area contributed by atoms with E-state index in [0.717, 1.165) is 25.7 Å². The molecule has 1 saturated carbocycles. The van der Waals surface area contributed by atoms with Gasteiger partial charge in [0.25, 0.3) is 6.43 Å². The molecule has 0 atom stereocenters. The second kappa shape index (κ2) is 11.0. The van der Waals surface area contributed by atoms with Gasteiger partial charge in [-0.15, -0.1) is 0 Å². The maximum Gasteiger partial charge on any atom is 0.407 e. The molecule has 1 aromatic carbocycles. The Morgan fingerprint density at radius 1 is 1.17 bits per heavy atom. The molecule has 1 aliphatic carbocycles. The van der Waals surface area contributed by atoms with Crippen molar-refractivity contribution in [3.8, 4) is 11.7 Å². The summed E-state index contributed by atoms with van der Waals surface area (Å²) in [5.74, 6) is 0.544. The molecule has 1 N–H and O–H groups in total. The van der Waals surface area contributed by atoms with Crippen LogP contribution in [-0.4, -0.2) is 50.1 Å². The van der Waals surface area contributed by atoms with Gasteiger partial charge in [0.05, 0.1) is 17.6 Å². The third-order valence-electron chi connectivity index (χ3n) is 5.90. The fraction of sp³-hybridized carbons (Fsp3) is 0.520. The van der Waals surface area contributed by atoms with Gasteiger partial charge in [-0.3, -0.25) is 4.57 Å². The molecule has 36 heavy (non-hydrogen) atoms. The summed E-state index contributed by atoms with van der Waals surface area (Å²) < 4.78 is 40.4. The zero-order chi connectivity index (χ0) is 25.9.